The molecule has 0 bridgehead atoms. The average Bonchev–Trinajstić information content (AvgIpc) is 3.23. The molecule has 0 fully saturated rings. The Kier molecular flexibility index (Phi) is 6.59. The van der Waals surface area contributed by atoms with Crippen molar-refractivity contribution < 1.29 is 17.9 Å². The molecular weight excluding hydrogens is 484 g/mol. The predicted molar refractivity (Wildman–Crippen MR) is 130 cm³/mol. The van der Waals surface area contributed by atoms with Crippen LogP contribution in [0.15, 0.2) is 72.5 Å². The Morgan fingerprint density at radius 2 is 1.88 bits per heavy atom. The topological polar surface area (TPSA) is 110 Å². The molecule has 1 aromatic carbocycles. The molecule has 1 amide bonds. The van der Waals surface area contributed by atoms with Gasteiger partial charge in [-0.2, -0.15) is 0 Å². The molecule has 8 nitrogen and oxygen atoms in total. The summed E-state index contributed by atoms with van der Waals surface area (Å²) < 4.78 is 31.2. The third-order valence-electron chi connectivity index (χ3n) is 4.19. The van der Waals surface area contributed by atoms with Gasteiger partial charge in [0, 0.05) is 34.0 Å². The number of thiophene rings is 1. The minimum absolute atomic E-state index is 0.248. The minimum atomic E-state index is -3.49. The number of hydrogen-bond acceptors (Lipinski definition) is 7. The van der Waals surface area contributed by atoms with E-state index in [1.54, 1.807) is 48.9 Å². The highest BCUT2D eigenvalue weighted by Crippen LogP contribution is 2.34. The van der Waals surface area contributed by atoms with Crippen molar-refractivity contribution in [3.05, 3.63) is 82.4 Å². The first-order valence-electron chi connectivity index (χ1n) is 9.48. The highest BCUT2D eigenvalue weighted by atomic mass is 35.5. The Balaban J connectivity index is 1.55. The molecule has 0 aliphatic rings. The third-order valence-corrected chi connectivity index (χ3v) is 5.94. The Hall–Kier alpha value is -3.47. The van der Waals surface area contributed by atoms with Crippen molar-refractivity contribution in [1.82, 2.24) is 9.97 Å². The van der Waals surface area contributed by atoms with Gasteiger partial charge in [-0.25, -0.2) is 8.42 Å². The molecule has 0 saturated carbocycles. The van der Waals surface area contributed by atoms with Gasteiger partial charge in [0.2, 0.25) is 10.0 Å². The molecule has 3 aromatic heterocycles. The Labute approximate surface area is 199 Å². The van der Waals surface area contributed by atoms with Crippen molar-refractivity contribution in [1.29, 1.82) is 0 Å². The highest BCUT2D eigenvalue weighted by Gasteiger charge is 2.15. The Morgan fingerprint density at radius 1 is 1.09 bits per heavy atom. The number of amides is 1. The number of nitrogens with zero attached hydrogens (tertiary/aromatic N) is 2. The smallest absolute Gasteiger partial charge is 0.265 e. The number of carbonyl (C=O) groups excluding carboxylic acids is 1. The number of pyridine rings is 2. The molecular formula is C22H17ClN4O4S2. The molecule has 4 rings (SSSR count). The van der Waals surface area contributed by atoms with Gasteiger partial charge in [-0.3, -0.25) is 19.5 Å². The van der Waals surface area contributed by atoms with E-state index < -0.39 is 10.0 Å². The summed E-state index contributed by atoms with van der Waals surface area (Å²) in [7, 11) is -3.49. The molecule has 2 N–H and O–H groups in total. The summed E-state index contributed by atoms with van der Waals surface area (Å²) in [5.74, 6) is 0.727. The molecule has 0 aliphatic carbocycles. The largest absolute Gasteiger partial charge is 0.453 e. The van der Waals surface area contributed by atoms with Gasteiger partial charge in [0.25, 0.3) is 5.91 Å². The zero-order valence-electron chi connectivity index (χ0n) is 17.2. The first-order chi connectivity index (χ1) is 15.8. The molecule has 0 spiro atoms. The van der Waals surface area contributed by atoms with Crippen LogP contribution in [-0.2, 0) is 10.0 Å². The lowest BCUT2D eigenvalue weighted by Crippen LogP contribution is -2.12. The second kappa shape index (κ2) is 9.57. The van der Waals surface area contributed by atoms with E-state index in [0.29, 0.717) is 27.8 Å². The summed E-state index contributed by atoms with van der Waals surface area (Å²) in [5.41, 5.74) is 1.90. The van der Waals surface area contributed by atoms with Crippen molar-refractivity contribution in [2.24, 2.45) is 0 Å². The van der Waals surface area contributed by atoms with Gasteiger partial charge in [0.15, 0.2) is 5.75 Å². The van der Waals surface area contributed by atoms with Crippen LogP contribution in [0.4, 0.5) is 11.4 Å². The molecule has 33 heavy (non-hydrogen) atoms. The lowest BCUT2D eigenvalue weighted by atomic mass is 10.2. The van der Waals surface area contributed by atoms with E-state index in [0.717, 1.165) is 11.8 Å². The number of carbonyl (C=O) groups is 1. The lowest BCUT2D eigenvalue weighted by Gasteiger charge is -2.09. The van der Waals surface area contributed by atoms with Crippen molar-refractivity contribution in [2.45, 2.75) is 0 Å². The SMILES string of the molecule is CS(=O)(=O)Nc1cc(Cl)cc(NC(=O)c2cc(-c3ncccc3Oc3cccnc3)cs2)c1. The molecule has 0 unspecified atom stereocenters. The standard InChI is InChI=1S/C22H17ClN4O4S2/c1-33(29,30)27-17-10-15(23)9-16(11-17)26-22(28)20-8-14(13-32-20)21-19(5-3-7-25-21)31-18-4-2-6-24-12-18/h2-13,27H,1H3,(H,26,28). The van der Waals surface area contributed by atoms with E-state index in [-0.39, 0.29) is 16.6 Å². The monoisotopic (exact) mass is 500 g/mol. The molecule has 11 heteroatoms. The number of rotatable bonds is 7. The molecule has 0 saturated heterocycles. The van der Waals surface area contributed by atoms with Crippen molar-refractivity contribution in [3.63, 3.8) is 0 Å². The Bertz CT molecular complexity index is 1410. The van der Waals surface area contributed by atoms with Crippen LogP contribution in [0.1, 0.15) is 9.67 Å². The number of halogens is 1. The summed E-state index contributed by atoms with van der Waals surface area (Å²) in [6.07, 6.45) is 5.93. The maximum atomic E-state index is 12.8. The molecule has 0 aliphatic heterocycles. The normalized spacial score (nSPS) is 11.1. The zero-order chi connectivity index (χ0) is 23.4. The van der Waals surface area contributed by atoms with Crippen LogP contribution in [0.3, 0.4) is 0 Å². The first kappa shape index (κ1) is 22.7. The fraction of sp³-hybridized carbons (Fsp3) is 0.0455. The van der Waals surface area contributed by atoms with Crippen LogP contribution >= 0.6 is 22.9 Å². The van der Waals surface area contributed by atoms with Gasteiger partial charge in [-0.15, -0.1) is 11.3 Å². The average molecular weight is 501 g/mol. The summed E-state index contributed by atoms with van der Waals surface area (Å²) in [6, 6.07) is 13.3. The summed E-state index contributed by atoms with van der Waals surface area (Å²) in [5, 5.41) is 4.82. The van der Waals surface area contributed by atoms with E-state index in [1.807, 2.05) is 5.38 Å². The lowest BCUT2D eigenvalue weighted by molar-refractivity contribution is 0.103. The van der Waals surface area contributed by atoms with Gasteiger partial charge in [-0.05, 0) is 48.5 Å². The van der Waals surface area contributed by atoms with E-state index in [2.05, 4.69) is 20.0 Å². The van der Waals surface area contributed by atoms with Crippen LogP contribution in [0.25, 0.3) is 11.3 Å². The minimum Gasteiger partial charge on any atom is -0.453 e. The zero-order valence-corrected chi connectivity index (χ0v) is 19.5. The first-order valence-corrected chi connectivity index (χ1v) is 12.6. The number of hydrogen-bond donors (Lipinski definition) is 2. The van der Waals surface area contributed by atoms with Crippen molar-refractivity contribution >= 4 is 50.2 Å². The molecule has 168 valence electrons. The van der Waals surface area contributed by atoms with E-state index in [4.69, 9.17) is 16.3 Å². The van der Waals surface area contributed by atoms with E-state index in [9.17, 15) is 13.2 Å². The van der Waals surface area contributed by atoms with Gasteiger partial charge >= 0.3 is 0 Å². The number of aromatic nitrogens is 2. The summed E-state index contributed by atoms with van der Waals surface area (Å²) in [4.78, 5) is 21.7. The van der Waals surface area contributed by atoms with Crippen LogP contribution in [-0.4, -0.2) is 30.5 Å². The number of nitrogens with one attached hydrogen (secondary N) is 2. The number of sulfonamides is 1. The van der Waals surface area contributed by atoms with Gasteiger partial charge in [-0.1, -0.05) is 11.6 Å². The van der Waals surface area contributed by atoms with Crippen LogP contribution in [0.5, 0.6) is 11.5 Å². The number of ether oxygens (including phenoxy) is 1. The van der Waals surface area contributed by atoms with Crippen LogP contribution < -0.4 is 14.8 Å². The second-order valence-corrected chi connectivity index (χ2v) is 9.99. The van der Waals surface area contributed by atoms with Gasteiger partial charge < -0.3 is 10.1 Å². The van der Waals surface area contributed by atoms with E-state index >= 15 is 0 Å². The maximum Gasteiger partial charge on any atom is 0.265 e. The second-order valence-electron chi connectivity index (χ2n) is 6.90. The van der Waals surface area contributed by atoms with Crippen molar-refractivity contribution in [2.75, 3.05) is 16.3 Å². The molecule has 0 radical (unpaired) electrons. The quantitative estimate of drug-likeness (QED) is 0.357. The van der Waals surface area contributed by atoms with E-state index in [1.165, 1.54) is 29.5 Å². The van der Waals surface area contributed by atoms with Crippen LogP contribution in [0.2, 0.25) is 5.02 Å². The van der Waals surface area contributed by atoms with Gasteiger partial charge in [0.05, 0.1) is 23.0 Å². The fourth-order valence-corrected chi connectivity index (χ4v) is 4.50. The fourth-order valence-electron chi connectivity index (χ4n) is 2.93. The maximum absolute atomic E-state index is 12.8. The number of anilines is 2. The highest BCUT2D eigenvalue weighted by molar-refractivity contribution is 7.92. The third kappa shape index (κ3) is 6.07. The number of benzene rings is 1. The van der Waals surface area contributed by atoms with Crippen LogP contribution in [0, 0.1) is 0 Å². The molecule has 3 heterocycles. The Morgan fingerprint density at radius 3 is 2.64 bits per heavy atom. The summed E-state index contributed by atoms with van der Waals surface area (Å²) >= 11 is 7.31. The molecule has 0 atom stereocenters. The van der Waals surface area contributed by atoms with Gasteiger partial charge in [0.1, 0.15) is 11.4 Å². The molecule has 4 aromatic rings. The predicted octanol–water partition coefficient (Wildman–Crippen LogP) is 5.27. The van der Waals surface area contributed by atoms with Crippen molar-refractivity contribution in [3.8, 4) is 22.8 Å². The summed E-state index contributed by atoms with van der Waals surface area (Å²) in [6.45, 7) is 0.